The molecule has 182 valence electrons. The minimum atomic E-state index is -2.54. The second-order valence-electron chi connectivity index (χ2n) is 7.61. The van der Waals surface area contributed by atoms with E-state index in [1.165, 1.54) is 20.4 Å². The maximum atomic E-state index is 12.7. The van der Waals surface area contributed by atoms with Crippen molar-refractivity contribution in [1.82, 2.24) is 9.97 Å². The molecule has 3 aromatic rings. The van der Waals surface area contributed by atoms with E-state index in [0.717, 1.165) is 0 Å². The quantitative estimate of drug-likeness (QED) is 0.299. The van der Waals surface area contributed by atoms with E-state index in [4.69, 9.17) is 21.1 Å². The number of anilines is 5. The number of carbonyl (C=O) groups excluding carboxylic acids is 1. The van der Waals surface area contributed by atoms with E-state index in [1.54, 1.807) is 31.5 Å². The van der Waals surface area contributed by atoms with E-state index in [9.17, 15) is 9.36 Å². The van der Waals surface area contributed by atoms with Crippen LogP contribution in [0, 0.1) is 11.8 Å². The lowest BCUT2D eigenvalue weighted by atomic mass is 10.2. The van der Waals surface area contributed by atoms with Crippen molar-refractivity contribution >= 4 is 58.8 Å². The van der Waals surface area contributed by atoms with Gasteiger partial charge in [-0.25, -0.2) is 4.98 Å². The molecule has 0 saturated carbocycles. The molecule has 0 bridgehead atoms. The number of carbonyl (C=O) groups is 1. The molecule has 0 fully saturated rings. The Hall–Kier alpha value is -3.57. The number of hydrogen-bond donors (Lipinski definition) is 3. The Kier molecular flexibility index (Phi) is 8.72. The first kappa shape index (κ1) is 26.0. The summed E-state index contributed by atoms with van der Waals surface area (Å²) in [6.07, 6.45) is 1.45. The summed E-state index contributed by atoms with van der Waals surface area (Å²) < 4.78 is 22.9. The molecule has 0 aliphatic heterocycles. The number of halogens is 1. The van der Waals surface area contributed by atoms with Crippen LogP contribution in [0.2, 0.25) is 5.02 Å². The molecule has 9 nitrogen and oxygen atoms in total. The Balaban J connectivity index is 1.86. The van der Waals surface area contributed by atoms with Gasteiger partial charge in [-0.2, -0.15) is 4.98 Å². The monoisotopic (exact) mass is 513 g/mol. The van der Waals surface area contributed by atoms with Gasteiger partial charge in [0.25, 0.3) is 5.91 Å². The molecule has 0 unspecified atom stereocenters. The van der Waals surface area contributed by atoms with Crippen molar-refractivity contribution in [2.24, 2.45) is 0 Å². The lowest BCUT2D eigenvalue weighted by Gasteiger charge is -2.16. The van der Waals surface area contributed by atoms with Gasteiger partial charge < -0.3 is 30.0 Å². The minimum absolute atomic E-state index is 0.158. The van der Waals surface area contributed by atoms with Crippen LogP contribution in [-0.4, -0.2) is 50.0 Å². The number of nitrogens with one attached hydrogen (secondary N) is 3. The highest BCUT2D eigenvalue weighted by atomic mass is 35.5. The molecule has 0 saturated heterocycles. The summed E-state index contributed by atoms with van der Waals surface area (Å²) in [4.78, 5) is 20.7. The third-order valence-corrected chi connectivity index (χ3v) is 6.43. The van der Waals surface area contributed by atoms with Gasteiger partial charge in [-0.1, -0.05) is 29.7 Å². The van der Waals surface area contributed by atoms with Crippen LogP contribution in [-0.2, 0) is 14.1 Å². The Morgan fingerprint density at radius 3 is 2.60 bits per heavy atom. The zero-order valence-electron chi connectivity index (χ0n) is 19.7. The summed E-state index contributed by atoms with van der Waals surface area (Å²) in [6, 6.07) is 12.3. The molecular weight excluding hydrogens is 489 g/mol. The van der Waals surface area contributed by atoms with E-state index in [-0.39, 0.29) is 17.6 Å². The average Bonchev–Trinajstić information content (AvgIpc) is 2.81. The highest BCUT2D eigenvalue weighted by Crippen LogP contribution is 2.39. The van der Waals surface area contributed by atoms with Gasteiger partial charge in [-0.15, -0.1) is 0 Å². The minimum Gasteiger partial charge on any atom is -0.495 e. The number of nitrogens with zero attached hydrogens (tertiary/aromatic N) is 2. The molecule has 0 spiro atoms. The van der Waals surface area contributed by atoms with Crippen molar-refractivity contribution in [2.45, 2.75) is 0 Å². The van der Waals surface area contributed by atoms with E-state index >= 15 is 0 Å². The number of benzene rings is 2. The van der Waals surface area contributed by atoms with Crippen molar-refractivity contribution in [1.29, 1.82) is 0 Å². The summed E-state index contributed by atoms with van der Waals surface area (Å²) in [5.74, 6) is 5.62. The van der Waals surface area contributed by atoms with Crippen LogP contribution in [0.4, 0.5) is 28.8 Å². The van der Waals surface area contributed by atoms with E-state index in [1.807, 2.05) is 24.3 Å². The molecule has 0 atom stereocenters. The second kappa shape index (κ2) is 11.7. The first-order chi connectivity index (χ1) is 16.7. The van der Waals surface area contributed by atoms with Crippen molar-refractivity contribution in [3.63, 3.8) is 0 Å². The summed E-state index contributed by atoms with van der Waals surface area (Å²) >= 11 is 6.33. The number of aromatic nitrogens is 2. The van der Waals surface area contributed by atoms with E-state index in [0.29, 0.717) is 33.9 Å². The van der Waals surface area contributed by atoms with Crippen molar-refractivity contribution in [2.75, 3.05) is 50.1 Å². The van der Waals surface area contributed by atoms with Gasteiger partial charge in [-0.3, -0.25) is 4.79 Å². The summed E-state index contributed by atoms with van der Waals surface area (Å²) in [5.41, 5.74) is 1.65. The lowest BCUT2D eigenvalue weighted by Crippen LogP contribution is -2.11. The molecule has 0 radical (unpaired) electrons. The van der Waals surface area contributed by atoms with E-state index in [2.05, 4.69) is 37.8 Å². The highest BCUT2D eigenvalue weighted by molar-refractivity contribution is 7.70. The molecule has 1 aromatic heterocycles. The first-order valence-corrected chi connectivity index (χ1v) is 13.4. The molecule has 1 amide bonds. The average molecular weight is 514 g/mol. The molecule has 0 aliphatic rings. The molecule has 35 heavy (non-hydrogen) atoms. The number of rotatable bonds is 8. The number of amides is 1. The van der Waals surface area contributed by atoms with Gasteiger partial charge in [-0.05, 0) is 49.6 Å². The van der Waals surface area contributed by atoms with Gasteiger partial charge in [0.2, 0.25) is 5.95 Å². The summed E-state index contributed by atoms with van der Waals surface area (Å²) in [5, 5.41) is 9.89. The predicted molar refractivity (Wildman–Crippen MR) is 140 cm³/mol. The third kappa shape index (κ3) is 7.20. The largest absolute Gasteiger partial charge is 0.495 e. The van der Waals surface area contributed by atoms with Gasteiger partial charge in [0.1, 0.15) is 24.5 Å². The lowest BCUT2D eigenvalue weighted by molar-refractivity contribution is -0.111. The number of para-hydroxylation sites is 1. The molecule has 1 heterocycles. The van der Waals surface area contributed by atoms with Crippen LogP contribution in [0.15, 0.2) is 48.7 Å². The zero-order valence-corrected chi connectivity index (χ0v) is 21.3. The normalized spacial score (nSPS) is 10.7. The molecule has 3 N–H and O–H groups in total. The van der Waals surface area contributed by atoms with Crippen LogP contribution in [0.1, 0.15) is 0 Å². The van der Waals surface area contributed by atoms with Crippen molar-refractivity contribution < 1.29 is 18.8 Å². The topological polar surface area (TPSA) is 114 Å². The highest BCUT2D eigenvalue weighted by Gasteiger charge is 2.17. The van der Waals surface area contributed by atoms with Crippen LogP contribution in [0.25, 0.3) is 0 Å². The number of ether oxygens (including phenoxy) is 2. The van der Waals surface area contributed by atoms with Gasteiger partial charge >= 0.3 is 0 Å². The van der Waals surface area contributed by atoms with Crippen LogP contribution >= 0.6 is 18.7 Å². The standard InChI is InChI=1S/C24H25ClN5O4P/c1-33-13-7-10-22(31)27-16-11-12-20(34-2)19(14-16)29-24-26-15-17(25)23(30-24)28-18-8-5-6-9-21(18)35(3,4)32/h5-6,8-9,11-12,14-15H,13H2,1-4H3,(H,27,31)(H2,26,28,29,30). The Morgan fingerprint density at radius 2 is 1.89 bits per heavy atom. The Bertz CT molecular complexity index is 1330. The third-order valence-electron chi connectivity index (χ3n) is 4.60. The Morgan fingerprint density at radius 1 is 1.11 bits per heavy atom. The van der Waals surface area contributed by atoms with Gasteiger partial charge in [0.05, 0.1) is 24.7 Å². The number of hydrogen-bond acceptors (Lipinski definition) is 8. The van der Waals surface area contributed by atoms with Crippen molar-refractivity contribution in [3.05, 3.63) is 53.7 Å². The fourth-order valence-electron chi connectivity index (χ4n) is 3.05. The second-order valence-corrected chi connectivity index (χ2v) is 11.2. The zero-order chi connectivity index (χ0) is 25.4. The predicted octanol–water partition coefficient (Wildman–Crippen LogP) is 4.46. The summed E-state index contributed by atoms with van der Waals surface area (Å²) in [7, 11) is 0.478. The maximum Gasteiger partial charge on any atom is 0.300 e. The molecule has 2 aromatic carbocycles. The SMILES string of the molecule is COCC#CC(=O)Nc1ccc(OC)c(Nc2ncc(Cl)c(Nc3ccccc3P(C)(C)=O)n2)c1. The number of methoxy groups -OCH3 is 2. The molecular formula is C24H25ClN5O4P. The van der Waals surface area contributed by atoms with Crippen LogP contribution in [0.5, 0.6) is 5.75 Å². The summed E-state index contributed by atoms with van der Waals surface area (Å²) in [6.45, 7) is 3.55. The smallest absolute Gasteiger partial charge is 0.300 e. The van der Waals surface area contributed by atoms with Gasteiger partial charge in [0, 0.05) is 18.1 Å². The molecule has 11 heteroatoms. The fraction of sp³-hybridized carbons (Fsp3) is 0.208. The Labute approximate surface area is 209 Å². The van der Waals surface area contributed by atoms with Crippen LogP contribution in [0.3, 0.4) is 0 Å². The maximum absolute atomic E-state index is 12.7. The van der Waals surface area contributed by atoms with Crippen molar-refractivity contribution in [3.8, 4) is 17.6 Å². The fourth-order valence-corrected chi connectivity index (χ4v) is 4.34. The van der Waals surface area contributed by atoms with E-state index < -0.39 is 13.0 Å². The van der Waals surface area contributed by atoms with Crippen LogP contribution < -0.4 is 26.0 Å². The van der Waals surface area contributed by atoms with Gasteiger partial charge in [0.15, 0.2) is 5.82 Å². The molecule has 3 rings (SSSR count). The first-order valence-electron chi connectivity index (χ1n) is 10.4. The molecule has 0 aliphatic carbocycles.